The third-order valence-electron chi connectivity index (χ3n) is 12.7. The van der Waals surface area contributed by atoms with Crippen LogP contribution in [-0.2, 0) is 42.9 Å². The largest absolute Gasteiger partial charge is 0.479 e. The summed E-state index contributed by atoms with van der Waals surface area (Å²) in [6.07, 6.45) is 48.7. The Morgan fingerprint density at radius 1 is 0.466 bits per heavy atom. The maximum absolute atomic E-state index is 13.1. The zero-order chi connectivity index (χ0) is 53.3. The van der Waals surface area contributed by atoms with Gasteiger partial charge in [0.05, 0.1) is 6.61 Å². The van der Waals surface area contributed by atoms with E-state index in [4.69, 9.17) is 23.7 Å². The van der Waals surface area contributed by atoms with Crippen LogP contribution in [0.4, 0.5) is 0 Å². The average molecular weight is 1030 g/mol. The standard InChI is InChI=1S/C61H102O12/c1-4-7-10-13-16-19-22-25-26-27-28-31-32-35-38-41-44-47-53(62)69-50-52(71-54(63)48-45-42-39-36-33-29-23-20-17-14-11-8-5-2)51-70-61-59(57(66)56(65)58(73-61)60(67)68)72-55(64)49-46-43-40-37-34-30-24-21-18-15-12-9-6-3/h7,10-11,14,16,19-21,23-26,52,56-59,61,65-66H,4-6,8-9,12-13,15,17-18,22,27-51H2,1-3H3,(H,67,68)/b10-7-,14-11-,19-16-,23-20-,24-21-,26-25-. The summed E-state index contributed by atoms with van der Waals surface area (Å²) in [5, 5.41) is 31.4. The summed E-state index contributed by atoms with van der Waals surface area (Å²) < 4.78 is 28.4. The van der Waals surface area contributed by atoms with Gasteiger partial charge in [0.2, 0.25) is 0 Å². The zero-order valence-electron chi connectivity index (χ0n) is 45.9. The number of ether oxygens (including phenoxy) is 5. The molecule has 1 aliphatic rings. The number of aliphatic carboxylic acids is 1. The van der Waals surface area contributed by atoms with Gasteiger partial charge in [-0.15, -0.1) is 0 Å². The van der Waals surface area contributed by atoms with Crippen molar-refractivity contribution in [3.8, 4) is 0 Å². The van der Waals surface area contributed by atoms with Crippen molar-refractivity contribution in [1.82, 2.24) is 0 Å². The molecule has 0 radical (unpaired) electrons. The molecule has 0 aliphatic carbocycles. The van der Waals surface area contributed by atoms with Crippen LogP contribution >= 0.6 is 0 Å². The molecule has 1 rings (SSSR count). The van der Waals surface area contributed by atoms with Gasteiger partial charge in [0.1, 0.15) is 18.8 Å². The van der Waals surface area contributed by atoms with Gasteiger partial charge in [-0.1, -0.05) is 190 Å². The van der Waals surface area contributed by atoms with E-state index in [9.17, 15) is 34.5 Å². The van der Waals surface area contributed by atoms with Gasteiger partial charge in [0.25, 0.3) is 0 Å². The minimum absolute atomic E-state index is 0.0462. The van der Waals surface area contributed by atoms with E-state index < -0.39 is 67.3 Å². The van der Waals surface area contributed by atoms with Gasteiger partial charge in [-0.25, -0.2) is 4.79 Å². The monoisotopic (exact) mass is 1030 g/mol. The van der Waals surface area contributed by atoms with Crippen molar-refractivity contribution in [3.63, 3.8) is 0 Å². The van der Waals surface area contributed by atoms with Crippen LogP contribution in [-0.4, -0.2) is 89.2 Å². The molecule has 0 bridgehead atoms. The molecule has 1 fully saturated rings. The number of aliphatic hydroxyl groups is 2. The molecule has 6 atom stereocenters. The van der Waals surface area contributed by atoms with Gasteiger partial charge in [0, 0.05) is 19.3 Å². The Morgan fingerprint density at radius 2 is 0.890 bits per heavy atom. The van der Waals surface area contributed by atoms with Crippen molar-refractivity contribution >= 4 is 23.9 Å². The molecule has 418 valence electrons. The molecule has 0 aromatic rings. The van der Waals surface area contributed by atoms with Crippen LogP contribution in [0.2, 0.25) is 0 Å². The number of rotatable bonds is 48. The van der Waals surface area contributed by atoms with Crippen molar-refractivity contribution in [1.29, 1.82) is 0 Å². The number of hydrogen-bond donors (Lipinski definition) is 3. The molecule has 6 unspecified atom stereocenters. The Labute approximate surface area is 442 Å². The molecule has 0 amide bonds. The number of carboxylic acid groups (broad SMARTS) is 1. The number of carbonyl (C=O) groups is 4. The molecule has 73 heavy (non-hydrogen) atoms. The lowest BCUT2D eigenvalue weighted by Gasteiger charge is -2.40. The number of unbranched alkanes of at least 4 members (excludes halogenated alkanes) is 22. The fourth-order valence-corrected chi connectivity index (χ4v) is 8.30. The summed E-state index contributed by atoms with van der Waals surface area (Å²) in [5.41, 5.74) is 0. The second-order valence-electron chi connectivity index (χ2n) is 19.5. The first-order chi connectivity index (χ1) is 35.6. The van der Waals surface area contributed by atoms with Gasteiger partial charge in [-0.05, 0) is 103 Å². The molecule has 1 heterocycles. The van der Waals surface area contributed by atoms with Crippen LogP contribution in [0.5, 0.6) is 0 Å². The van der Waals surface area contributed by atoms with Crippen LogP contribution in [0.1, 0.15) is 239 Å². The highest BCUT2D eigenvalue weighted by atomic mass is 16.7. The Balaban J connectivity index is 2.71. The fourth-order valence-electron chi connectivity index (χ4n) is 8.30. The first kappa shape index (κ1) is 67.2. The SMILES string of the molecule is CC/C=C\C/C=C\C/C=C\CCCCCCCCCC(=O)OCC(COC1OC(C(=O)O)C(O)C(O)C1OC(=O)CCCCCCC/C=C\CCCCCC)OC(=O)CCCCCCC/C=C\C/C=C\CCC. The highest BCUT2D eigenvalue weighted by molar-refractivity contribution is 5.74. The van der Waals surface area contributed by atoms with E-state index in [0.29, 0.717) is 19.3 Å². The first-order valence-electron chi connectivity index (χ1n) is 28.9. The highest BCUT2D eigenvalue weighted by Gasteiger charge is 2.50. The minimum Gasteiger partial charge on any atom is -0.479 e. The third-order valence-corrected chi connectivity index (χ3v) is 12.7. The van der Waals surface area contributed by atoms with Gasteiger partial charge >= 0.3 is 23.9 Å². The molecule has 0 aromatic heterocycles. The molecule has 12 heteroatoms. The lowest BCUT2D eigenvalue weighted by Crippen LogP contribution is -2.61. The lowest BCUT2D eigenvalue weighted by molar-refractivity contribution is -0.301. The molecule has 0 saturated carbocycles. The van der Waals surface area contributed by atoms with Crippen molar-refractivity contribution in [3.05, 3.63) is 72.9 Å². The Morgan fingerprint density at radius 3 is 1.38 bits per heavy atom. The van der Waals surface area contributed by atoms with Gasteiger partial charge in [0.15, 0.2) is 24.6 Å². The van der Waals surface area contributed by atoms with E-state index in [-0.39, 0.29) is 25.9 Å². The van der Waals surface area contributed by atoms with Crippen molar-refractivity contribution in [2.24, 2.45) is 0 Å². The number of hydrogen-bond acceptors (Lipinski definition) is 11. The summed E-state index contributed by atoms with van der Waals surface area (Å²) >= 11 is 0. The van der Waals surface area contributed by atoms with Crippen molar-refractivity contribution in [2.75, 3.05) is 13.2 Å². The molecule has 1 aliphatic heterocycles. The quantitative estimate of drug-likeness (QED) is 0.0228. The topological polar surface area (TPSA) is 175 Å². The van der Waals surface area contributed by atoms with E-state index in [2.05, 4.69) is 93.7 Å². The van der Waals surface area contributed by atoms with Gasteiger partial charge in [-0.2, -0.15) is 0 Å². The van der Waals surface area contributed by atoms with Crippen LogP contribution in [0.25, 0.3) is 0 Å². The van der Waals surface area contributed by atoms with E-state index in [1.807, 2.05) is 0 Å². The third kappa shape index (κ3) is 39.3. The highest BCUT2D eigenvalue weighted by Crippen LogP contribution is 2.26. The average Bonchev–Trinajstić information content (AvgIpc) is 3.37. The minimum atomic E-state index is -1.91. The number of carbonyl (C=O) groups excluding carboxylic acids is 3. The number of esters is 3. The Hall–Kier alpha value is -3.84. The number of allylic oxidation sites excluding steroid dienone is 12. The molecular formula is C61H102O12. The second-order valence-corrected chi connectivity index (χ2v) is 19.5. The van der Waals surface area contributed by atoms with Crippen LogP contribution < -0.4 is 0 Å². The Bertz CT molecular complexity index is 1550. The van der Waals surface area contributed by atoms with Gasteiger partial charge in [-0.3, -0.25) is 14.4 Å². The second kappa shape index (κ2) is 49.1. The van der Waals surface area contributed by atoms with Crippen molar-refractivity contribution < 1.29 is 58.2 Å². The van der Waals surface area contributed by atoms with Gasteiger partial charge < -0.3 is 39.0 Å². The summed E-state index contributed by atoms with van der Waals surface area (Å²) in [6.45, 7) is 5.77. The maximum Gasteiger partial charge on any atom is 0.335 e. The number of carboxylic acids is 1. The lowest BCUT2D eigenvalue weighted by atomic mass is 9.98. The molecule has 3 N–H and O–H groups in total. The summed E-state index contributed by atoms with van der Waals surface area (Å²) in [7, 11) is 0. The van der Waals surface area contributed by atoms with Crippen LogP contribution in [0.3, 0.4) is 0 Å². The van der Waals surface area contributed by atoms with E-state index in [0.717, 1.165) is 148 Å². The van der Waals surface area contributed by atoms with E-state index in [1.54, 1.807) is 0 Å². The summed E-state index contributed by atoms with van der Waals surface area (Å²) in [6, 6.07) is 0. The molecule has 1 saturated heterocycles. The maximum atomic E-state index is 13.1. The fraction of sp³-hybridized carbons (Fsp3) is 0.738. The van der Waals surface area contributed by atoms with Crippen LogP contribution in [0, 0.1) is 0 Å². The predicted octanol–water partition coefficient (Wildman–Crippen LogP) is 14.6. The van der Waals surface area contributed by atoms with Crippen molar-refractivity contribution in [2.45, 2.75) is 276 Å². The zero-order valence-corrected chi connectivity index (χ0v) is 45.9. The molecular weight excluding hydrogens is 925 g/mol. The van der Waals surface area contributed by atoms with E-state index >= 15 is 0 Å². The smallest absolute Gasteiger partial charge is 0.335 e. The van der Waals surface area contributed by atoms with E-state index in [1.165, 1.54) is 32.1 Å². The van der Waals surface area contributed by atoms with Crippen LogP contribution in [0.15, 0.2) is 72.9 Å². The molecule has 12 nitrogen and oxygen atoms in total. The molecule has 0 spiro atoms. The summed E-state index contributed by atoms with van der Waals surface area (Å²) in [5.74, 6) is -3.16. The Kier molecular flexibility index (Phi) is 45.1. The molecule has 0 aromatic carbocycles. The normalized spacial score (nSPS) is 18.8. The predicted molar refractivity (Wildman–Crippen MR) is 294 cm³/mol. The number of aliphatic hydroxyl groups excluding tert-OH is 2. The first-order valence-corrected chi connectivity index (χ1v) is 28.9. The summed E-state index contributed by atoms with van der Waals surface area (Å²) in [4.78, 5) is 51.0.